The van der Waals surface area contributed by atoms with Crippen molar-refractivity contribution < 1.29 is 0 Å². The number of hydrogen-bond acceptors (Lipinski definition) is 0. The second kappa shape index (κ2) is 5.90. The number of alkyl halides is 2. The van der Waals surface area contributed by atoms with Gasteiger partial charge < -0.3 is 4.98 Å². The zero-order valence-corrected chi connectivity index (χ0v) is 8.65. The molecular weight excluding hydrogens is 205 g/mol. The van der Waals surface area contributed by atoms with Crippen molar-refractivity contribution in [3.05, 3.63) is 36.5 Å². The van der Waals surface area contributed by atoms with Gasteiger partial charge in [0.15, 0.2) is 0 Å². The summed E-state index contributed by atoms with van der Waals surface area (Å²) < 4.78 is 0. The first-order valence-electron chi connectivity index (χ1n) is 4.02. The van der Waals surface area contributed by atoms with Gasteiger partial charge in [0.25, 0.3) is 0 Å². The third-order valence-corrected chi connectivity index (χ3v) is 2.11. The fourth-order valence-corrected chi connectivity index (χ4v) is 0.995. The molecule has 2 aromatic rings. The molecule has 0 aliphatic carbocycles. The Kier molecular flexibility index (Phi) is 4.73. The molecule has 70 valence electrons. The van der Waals surface area contributed by atoms with Crippen LogP contribution in [0.15, 0.2) is 36.5 Å². The van der Waals surface area contributed by atoms with Gasteiger partial charge in [-0.1, -0.05) is 18.2 Å². The summed E-state index contributed by atoms with van der Waals surface area (Å²) in [5.74, 6) is 1.11. The Morgan fingerprint density at radius 3 is 2.31 bits per heavy atom. The first kappa shape index (κ1) is 10.4. The van der Waals surface area contributed by atoms with Gasteiger partial charge in [0.2, 0.25) is 0 Å². The van der Waals surface area contributed by atoms with Gasteiger partial charge in [-0.25, -0.2) is 0 Å². The van der Waals surface area contributed by atoms with E-state index in [4.69, 9.17) is 23.2 Å². The lowest BCUT2D eigenvalue weighted by Gasteiger charge is -1.83. The molecule has 13 heavy (non-hydrogen) atoms. The summed E-state index contributed by atoms with van der Waals surface area (Å²) in [6.45, 7) is 0. The van der Waals surface area contributed by atoms with Gasteiger partial charge in [0.1, 0.15) is 0 Å². The number of fused-ring (bicyclic) bond motifs is 1. The fourth-order valence-electron chi connectivity index (χ4n) is 0.995. The van der Waals surface area contributed by atoms with Gasteiger partial charge in [-0.05, 0) is 17.5 Å². The smallest absolute Gasteiger partial charge is 0.0453 e. The molecule has 0 aliphatic rings. The minimum absolute atomic E-state index is 0.557. The summed E-state index contributed by atoms with van der Waals surface area (Å²) in [6, 6.07) is 10.3. The highest BCUT2D eigenvalue weighted by molar-refractivity contribution is 6.25. The topological polar surface area (TPSA) is 15.8 Å². The van der Waals surface area contributed by atoms with Crippen molar-refractivity contribution in [2.24, 2.45) is 0 Å². The zero-order valence-electron chi connectivity index (χ0n) is 7.13. The molecule has 3 heteroatoms. The summed E-state index contributed by atoms with van der Waals surface area (Å²) >= 11 is 10.1. The van der Waals surface area contributed by atoms with E-state index in [0.717, 1.165) is 0 Å². The molecule has 0 fully saturated rings. The van der Waals surface area contributed by atoms with Crippen LogP contribution in [-0.4, -0.2) is 16.7 Å². The highest BCUT2D eigenvalue weighted by Gasteiger charge is 1.86. The lowest BCUT2D eigenvalue weighted by atomic mass is 10.3. The van der Waals surface area contributed by atoms with E-state index in [2.05, 4.69) is 23.2 Å². The quantitative estimate of drug-likeness (QED) is 0.700. The third-order valence-electron chi connectivity index (χ3n) is 1.53. The van der Waals surface area contributed by atoms with Crippen molar-refractivity contribution in [1.82, 2.24) is 4.98 Å². The number of aromatic amines is 1. The average molecular weight is 216 g/mol. The molecule has 0 amide bonds. The SMILES string of the molecule is ClCCCl.c1ccc2[nH]ccc2c1. The normalized spacial score (nSPS) is 9.38. The standard InChI is InChI=1S/C8H7N.C2H4Cl2/c1-2-4-8-7(3-1)5-6-9-8;3-1-2-4/h1-6,9H;1-2H2. The molecule has 1 aromatic carbocycles. The van der Waals surface area contributed by atoms with Crippen LogP contribution in [0.1, 0.15) is 0 Å². The second-order valence-corrected chi connectivity index (χ2v) is 3.20. The van der Waals surface area contributed by atoms with E-state index in [1.165, 1.54) is 10.9 Å². The number of H-pyrrole nitrogens is 1. The molecule has 1 N–H and O–H groups in total. The molecule has 0 unspecified atom stereocenters. The summed E-state index contributed by atoms with van der Waals surface area (Å²) in [5, 5.41) is 1.28. The molecule has 0 atom stereocenters. The van der Waals surface area contributed by atoms with E-state index in [-0.39, 0.29) is 0 Å². The molecule has 1 aromatic heterocycles. The minimum Gasteiger partial charge on any atom is -0.361 e. The van der Waals surface area contributed by atoms with Crippen LogP contribution in [0.3, 0.4) is 0 Å². The Balaban J connectivity index is 0.000000184. The monoisotopic (exact) mass is 215 g/mol. The summed E-state index contributed by atoms with van der Waals surface area (Å²) in [7, 11) is 0. The number of nitrogens with one attached hydrogen (secondary N) is 1. The van der Waals surface area contributed by atoms with Crippen LogP contribution in [0.5, 0.6) is 0 Å². The molecule has 0 saturated heterocycles. The Hall–Kier alpha value is -0.660. The van der Waals surface area contributed by atoms with E-state index in [0.29, 0.717) is 11.8 Å². The Bertz CT molecular complexity index is 311. The van der Waals surface area contributed by atoms with Gasteiger partial charge in [0.05, 0.1) is 0 Å². The van der Waals surface area contributed by atoms with E-state index in [1.54, 1.807) is 0 Å². The van der Waals surface area contributed by atoms with Gasteiger partial charge in [-0.3, -0.25) is 0 Å². The molecule has 1 heterocycles. The maximum Gasteiger partial charge on any atom is 0.0453 e. The Morgan fingerprint density at radius 1 is 1.00 bits per heavy atom. The molecular formula is C10H11Cl2N. The van der Waals surface area contributed by atoms with Crippen LogP contribution in [0.25, 0.3) is 10.9 Å². The number of halogens is 2. The Labute approximate surface area is 87.7 Å². The molecule has 0 aliphatic heterocycles. The largest absolute Gasteiger partial charge is 0.361 e. The summed E-state index contributed by atoms with van der Waals surface area (Å²) in [6.07, 6.45) is 1.95. The van der Waals surface area contributed by atoms with Crippen molar-refractivity contribution in [1.29, 1.82) is 0 Å². The minimum atomic E-state index is 0.557. The molecule has 0 radical (unpaired) electrons. The number of para-hydroxylation sites is 1. The predicted molar refractivity (Wildman–Crippen MR) is 59.7 cm³/mol. The van der Waals surface area contributed by atoms with Crippen LogP contribution in [0.4, 0.5) is 0 Å². The Morgan fingerprint density at radius 2 is 1.69 bits per heavy atom. The zero-order chi connectivity index (χ0) is 9.52. The molecule has 0 bridgehead atoms. The van der Waals surface area contributed by atoms with Crippen LogP contribution in [0, 0.1) is 0 Å². The van der Waals surface area contributed by atoms with Gasteiger partial charge in [0, 0.05) is 23.5 Å². The van der Waals surface area contributed by atoms with Gasteiger partial charge in [-0.15, -0.1) is 23.2 Å². The van der Waals surface area contributed by atoms with Crippen LogP contribution < -0.4 is 0 Å². The lowest BCUT2D eigenvalue weighted by molar-refractivity contribution is 1.48. The van der Waals surface area contributed by atoms with E-state index in [1.807, 2.05) is 18.3 Å². The van der Waals surface area contributed by atoms with Crippen molar-refractivity contribution in [3.63, 3.8) is 0 Å². The third kappa shape index (κ3) is 3.29. The van der Waals surface area contributed by atoms with E-state index in [9.17, 15) is 0 Å². The van der Waals surface area contributed by atoms with Crippen molar-refractivity contribution in [2.45, 2.75) is 0 Å². The highest BCUT2D eigenvalue weighted by Crippen LogP contribution is 2.09. The first-order chi connectivity index (χ1) is 6.38. The fraction of sp³-hybridized carbons (Fsp3) is 0.200. The maximum absolute atomic E-state index is 5.05. The maximum atomic E-state index is 5.05. The van der Waals surface area contributed by atoms with Crippen molar-refractivity contribution in [2.75, 3.05) is 11.8 Å². The molecule has 2 rings (SSSR count). The lowest BCUT2D eigenvalue weighted by Crippen LogP contribution is -1.63. The average Bonchev–Trinajstić information content (AvgIpc) is 2.66. The van der Waals surface area contributed by atoms with Crippen LogP contribution >= 0.6 is 23.2 Å². The number of aromatic nitrogens is 1. The van der Waals surface area contributed by atoms with Crippen molar-refractivity contribution >= 4 is 34.1 Å². The number of rotatable bonds is 1. The number of benzene rings is 1. The van der Waals surface area contributed by atoms with Gasteiger partial charge in [-0.2, -0.15) is 0 Å². The molecule has 1 nitrogen and oxygen atoms in total. The van der Waals surface area contributed by atoms with Crippen molar-refractivity contribution in [3.8, 4) is 0 Å². The van der Waals surface area contributed by atoms with Gasteiger partial charge >= 0.3 is 0 Å². The van der Waals surface area contributed by atoms with Crippen LogP contribution in [-0.2, 0) is 0 Å². The molecule has 0 spiro atoms. The molecule has 0 saturated carbocycles. The van der Waals surface area contributed by atoms with E-state index < -0.39 is 0 Å². The summed E-state index contributed by atoms with van der Waals surface area (Å²) in [4.78, 5) is 3.12. The van der Waals surface area contributed by atoms with E-state index >= 15 is 0 Å². The second-order valence-electron chi connectivity index (χ2n) is 2.44. The van der Waals surface area contributed by atoms with Crippen LogP contribution in [0.2, 0.25) is 0 Å². The summed E-state index contributed by atoms with van der Waals surface area (Å²) in [5.41, 5.74) is 1.21. The number of hydrogen-bond donors (Lipinski definition) is 1. The highest BCUT2D eigenvalue weighted by atomic mass is 35.5. The first-order valence-corrected chi connectivity index (χ1v) is 5.09. The predicted octanol–water partition coefficient (Wildman–Crippen LogP) is 3.63.